The third-order valence-electron chi connectivity index (χ3n) is 1.94. The summed E-state index contributed by atoms with van der Waals surface area (Å²) in [6.07, 6.45) is 3.53. The Kier molecular flexibility index (Phi) is 1.64. The van der Waals surface area contributed by atoms with Crippen LogP contribution in [0.5, 0.6) is 0 Å². The first-order chi connectivity index (χ1) is 5.67. The van der Waals surface area contributed by atoms with Crippen molar-refractivity contribution in [3.8, 4) is 0 Å². The summed E-state index contributed by atoms with van der Waals surface area (Å²) in [6.45, 7) is 1.78. The van der Waals surface area contributed by atoms with Crippen LogP contribution in [0.15, 0.2) is 8.80 Å². The van der Waals surface area contributed by atoms with Crippen molar-refractivity contribution < 1.29 is 8.42 Å². The van der Waals surface area contributed by atoms with Gasteiger partial charge in [-0.2, -0.15) is 8.42 Å². The average Bonchev–Trinajstić information content (AvgIpc) is 2.55. The molecular formula is C6H9N3O2S. The molecular weight excluding hydrogens is 178 g/mol. The predicted molar refractivity (Wildman–Crippen MR) is 45.7 cm³/mol. The minimum atomic E-state index is -3.52. The van der Waals surface area contributed by atoms with Crippen molar-refractivity contribution in [2.75, 3.05) is 13.1 Å². The van der Waals surface area contributed by atoms with Crippen molar-refractivity contribution in [3.05, 3.63) is 0 Å². The molecule has 5 nitrogen and oxygen atoms in total. The Morgan fingerprint density at radius 3 is 2.50 bits per heavy atom. The smallest absolute Gasteiger partial charge is 0.355 e. The lowest BCUT2D eigenvalue weighted by molar-refractivity contribution is 0.528. The van der Waals surface area contributed by atoms with Crippen molar-refractivity contribution in [2.24, 2.45) is 8.80 Å². The Hall–Kier alpha value is -0.910. The van der Waals surface area contributed by atoms with Gasteiger partial charge in [0.05, 0.1) is 6.21 Å². The van der Waals surface area contributed by atoms with E-state index in [9.17, 15) is 8.42 Å². The molecule has 2 heterocycles. The van der Waals surface area contributed by atoms with E-state index in [-0.39, 0.29) is 0 Å². The minimum Gasteiger partial charge on any atom is -0.355 e. The van der Waals surface area contributed by atoms with Crippen molar-refractivity contribution in [1.82, 2.24) is 4.90 Å². The van der Waals surface area contributed by atoms with Crippen LogP contribution in [0.1, 0.15) is 12.8 Å². The summed E-state index contributed by atoms with van der Waals surface area (Å²) < 4.78 is 28.4. The highest BCUT2D eigenvalue weighted by molar-refractivity contribution is 7.89. The molecule has 0 amide bonds. The maximum atomic E-state index is 10.8. The summed E-state index contributed by atoms with van der Waals surface area (Å²) in [4.78, 5) is 1.94. The van der Waals surface area contributed by atoms with E-state index in [1.165, 1.54) is 6.21 Å². The minimum absolute atomic E-state index is 0.493. The largest absolute Gasteiger partial charge is 0.365 e. The molecule has 0 saturated carbocycles. The number of rotatable bonds is 0. The quantitative estimate of drug-likeness (QED) is 0.528. The number of hydrogen-bond acceptors (Lipinski definition) is 3. The van der Waals surface area contributed by atoms with Gasteiger partial charge in [-0.05, 0) is 12.8 Å². The predicted octanol–water partition coefficient (Wildman–Crippen LogP) is -0.190. The van der Waals surface area contributed by atoms with Crippen molar-refractivity contribution in [1.29, 1.82) is 0 Å². The summed E-state index contributed by atoms with van der Waals surface area (Å²) in [6, 6.07) is 0. The molecule has 0 spiro atoms. The fourth-order valence-electron chi connectivity index (χ4n) is 1.36. The molecule has 6 heteroatoms. The lowest BCUT2D eigenvalue weighted by Gasteiger charge is -2.12. The van der Waals surface area contributed by atoms with Gasteiger partial charge in [-0.25, -0.2) is 0 Å². The van der Waals surface area contributed by atoms with Gasteiger partial charge < -0.3 is 4.90 Å². The molecule has 66 valence electrons. The zero-order valence-electron chi connectivity index (χ0n) is 6.47. The van der Waals surface area contributed by atoms with E-state index < -0.39 is 10.2 Å². The van der Waals surface area contributed by atoms with E-state index in [2.05, 4.69) is 8.80 Å². The molecule has 0 aromatic rings. The Bertz CT molecular complexity index is 338. The Morgan fingerprint density at radius 2 is 2.00 bits per heavy atom. The first-order valence-electron chi connectivity index (χ1n) is 3.83. The number of likely N-dealkylation sites (tertiary alicyclic amines) is 1. The fourth-order valence-corrected chi connectivity index (χ4v) is 2.04. The van der Waals surface area contributed by atoms with Gasteiger partial charge in [0.15, 0.2) is 5.84 Å². The van der Waals surface area contributed by atoms with Crippen LogP contribution in [-0.4, -0.2) is 38.5 Å². The third kappa shape index (κ3) is 1.34. The summed E-state index contributed by atoms with van der Waals surface area (Å²) in [5.41, 5.74) is 0. The second-order valence-corrected chi connectivity index (χ2v) is 4.12. The SMILES string of the molecule is O=S1(=O)N=CC(N2CCCC2)=N1. The average molecular weight is 187 g/mol. The second-order valence-electron chi connectivity index (χ2n) is 2.83. The maximum absolute atomic E-state index is 10.8. The molecule has 0 unspecified atom stereocenters. The molecule has 1 fully saturated rings. The Labute approximate surface area is 71.0 Å². The molecule has 1 saturated heterocycles. The normalized spacial score (nSPS) is 26.3. The summed E-state index contributed by atoms with van der Waals surface area (Å²) in [5, 5.41) is 0. The van der Waals surface area contributed by atoms with Crippen LogP contribution < -0.4 is 0 Å². The standard InChI is InChI=1S/C6H9N3O2S/c10-12(11)7-5-6(8-12)9-3-1-2-4-9/h5H,1-4H2. The van der Waals surface area contributed by atoms with Crippen molar-refractivity contribution in [2.45, 2.75) is 12.8 Å². The topological polar surface area (TPSA) is 62.1 Å². The van der Waals surface area contributed by atoms with Gasteiger partial charge >= 0.3 is 10.2 Å². The van der Waals surface area contributed by atoms with Gasteiger partial charge in [0.1, 0.15) is 0 Å². The summed E-state index contributed by atoms with van der Waals surface area (Å²) in [7, 11) is -3.52. The first kappa shape index (κ1) is 7.72. The lowest BCUT2D eigenvalue weighted by Crippen LogP contribution is -2.27. The molecule has 0 N–H and O–H groups in total. The molecule has 0 aromatic carbocycles. The summed E-state index contributed by atoms with van der Waals surface area (Å²) >= 11 is 0. The molecule has 2 aliphatic rings. The van der Waals surface area contributed by atoms with Gasteiger partial charge in [0.25, 0.3) is 0 Å². The first-order valence-corrected chi connectivity index (χ1v) is 5.22. The highest BCUT2D eigenvalue weighted by Gasteiger charge is 2.21. The van der Waals surface area contributed by atoms with E-state index in [0.29, 0.717) is 5.84 Å². The van der Waals surface area contributed by atoms with Gasteiger partial charge in [-0.3, -0.25) is 0 Å². The Balaban J connectivity index is 2.22. The second kappa shape index (κ2) is 2.55. The van der Waals surface area contributed by atoms with E-state index in [4.69, 9.17) is 0 Å². The van der Waals surface area contributed by atoms with E-state index in [1.807, 2.05) is 4.90 Å². The van der Waals surface area contributed by atoms with Crippen molar-refractivity contribution in [3.63, 3.8) is 0 Å². The van der Waals surface area contributed by atoms with Crippen molar-refractivity contribution >= 4 is 22.3 Å². The molecule has 0 aliphatic carbocycles. The van der Waals surface area contributed by atoms with Crippen LogP contribution in [0, 0.1) is 0 Å². The molecule has 0 atom stereocenters. The highest BCUT2D eigenvalue weighted by Crippen LogP contribution is 2.12. The monoisotopic (exact) mass is 187 g/mol. The van der Waals surface area contributed by atoms with Gasteiger partial charge in [0, 0.05) is 13.1 Å². The van der Waals surface area contributed by atoms with Crippen LogP contribution in [0.25, 0.3) is 0 Å². The maximum Gasteiger partial charge on any atom is 0.365 e. The lowest BCUT2D eigenvalue weighted by atomic mass is 10.4. The number of amidine groups is 1. The van der Waals surface area contributed by atoms with Crippen LogP contribution >= 0.6 is 0 Å². The molecule has 0 bridgehead atoms. The molecule has 2 aliphatic heterocycles. The van der Waals surface area contributed by atoms with Gasteiger partial charge in [-0.15, -0.1) is 8.80 Å². The Morgan fingerprint density at radius 1 is 1.33 bits per heavy atom. The zero-order valence-corrected chi connectivity index (χ0v) is 7.29. The highest BCUT2D eigenvalue weighted by atomic mass is 32.2. The van der Waals surface area contributed by atoms with E-state index in [1.54, 1.807) is 0 Å². The molecule has 2 rings (SSSR count). The van der Waals surface area contributed by atoms with E-state index >= 15 is 0 Å². The van der Waals surface area contributed by atoms with Crippen LogP contribution in [0.3, 0.4) is 0 Å². The zero-order chi connectivity index (χ0) is 8.60. The fraction of sp³-hybridized carbons (Fsp3) is 0.667. The van der Waals surface area contributed by atoms with Gasteiger partial charge in [-0.1, -0.05) is 0 Å². The van der Waals surface area contributed by atoms with Crippen LogP contribution in [0.2, 0.25) is 0 Å². The number of hydrogen-bond donors (Lipinski definition) is 0. The summed E-state index contributed by atoms with van der Waals surface area (Å²) in [5.74, 6) is 0.493. The molecule has 0 aromatic heterocycles. The van der Waals surface area contributed by atoms with E-state index in [0.717, 1.165) is 25.9 Å². The van der Waals surface area contributed by atoms with Crippen LogP contribution in [-0.2, 0) is 10.2 Å². The van der Waals surface area contributed by atoms with Gasteiger partial charge in [0.2, 0.25) is 0 Å². The third-order valence-corrected chi connectivity index (χ3v) is 2.73. The van der Waals surface area contributed by atoms with Crippen LogP contribution in [0.4, 0.5) is 0 Å². The molecule has 0 radical (unpaired) electrons. The molecule has 12 heavy (non-hydrogen) atoms. The number of nitrogens with zero attached hydrogens (tertiary/aromatic N) is 3.